The van der Waals surface area contributed by atoms with E-state index in [4.69, 9.17) is 0 Å². The molecule has 2 nitrogen and oxygen atoms in total. The molecule has 0 bridgehead atoms. The summed E-state index contributed by atoms with van der Waals surface area (Å²) in [5.41, 5.74) is 0.0777. The van der Waals surface area contributed by atoms with Gasteiger partial charge in [0.05, 0.1) is 5.60 Å². The highest BCUT2D eigenvalue weighted by molar-refractivity contribution is 9.10. The average Bonchev–Trinajstić information content (AvgIpc) is 2.02. The zero-order valence-corrected chi connectivity index (χ0v) is 9.62. The maximum atomic E-state index is 10.3. The highest BCUT2D eigenvalue weighted by Crippen LogP contribution is 2.18. The fourth-order valence-corrected chi connectivity index (χ4v) is 1.79. The Morgan fingerprint density at radius 1 is 1.57 bits per heavy atom. The molecule has 0 heterocycles. The van der Waals surface area contributed by atoms with Gasteiger partial charge in [0.15, 0.2) is 0 Å². The lowest BCUT2D eigenvalue weighted by Gasteiger charge is -2.20. The van der Waals surface area contributed by atoms with Crippen molar-refractivity contribution in [1.29, 1.82) is 0 Å². The van der Waals surface area contributed by atoms with Gasteiger partial charge in [-0.2, -0.15) is 0 Å². The van der Waals surface area contributed by atoms with Crippen LogP contribution in [0.3, 0.4) is 0 Å². The molecule has 14 heavy (non-hydrogen) atoms. The number of carbonyl (C=O) groups excluding carboxylic acids is 1. The topological polar surface area (TPSA) is 37.3 Å². The van der Waals surface area contributed by atoms with Gasteiger partial charge < -0.3 is 9.90 Å². The van der Waals surface area contributed by atoms with Crippen LogP contribution in [0.5, 0.6) is 0 Å². The van der Waals surface area contributed by atoms with Crippen molar-refractivity contribution in [3.8, 4) is 0 Å². The summed E-state index contributed by atoms with van der Waals surface area (Å²) in [6.45, 7) is 1.67. The lowest BCUT2D eigenvalue weighted by molar-refractivity contribution is -0.111. The maximum Gasteiger partial charge on any atom is 0.122 e. The third-order valence-corrected chi connectivity index (χ3v) is 2.49. The molecule has 0 aliphatic carbocycles. The van der Waals surface area contributed by atoms with E-state index >= 15 is 0 Å². The molecule has 0 spiro atoms. The molecule has 0 saturated carbocycles. The largest absolute Gasteiger partial charge is 0.389 e. The number of carbonyl (C=O) groups is 1. The average molecular weight is 257 g/mol. The number of rotatable bonds is 4. The molecule has 1 unspecified atom stereocenters. The van der Waals surface area contributed by atoms with Crippen LogP contribution in [0, 0.1) is 0 Å². The molecule has 1 atom stereocenters. The lowest BCUT2D eigenvalue weighted by Crippen LogP contribution is -2.27. The van der Waals surface area contributed by atoms with Crippen molar-refractivity contribution in [2.75, 3.05) is 0 Å². The summed E-state index contributed by atoms with van der Waals surface area (Å²) >= 11 is 3.36. The summed E-state index contributed by atoms with van der Waals surface area (Å²) in [5, 5.41) is 9.81. The van der Waals surface area contributed by atoms with Gasteiger partial charge in [-0.15, -0.1) is 0 Å². The zero-order valence-electron chi connectivity index (χ0n) is 8.03. The van der Waals surface area contributed by atoms with E-state index in [2.05, 4.69) is 15.9 Å². The van der Waals surface area contributed by atoms with Crippen molar-refractivity contribution in [3.05, 3.63) is 34.3 Å². The number of halogens is 1. The standard InChI is InChI=1S/C11H13BrO2/c1-11(14,5-6-13)8-9-3-2-4-10(12)7-9/h2-4,6-7,14H,5,8H2,1H3. The molecule has 0 aliphatic heterocycles. The minimum absolute atomic E-state index is 0.166. The Labute approximate surface area is 92.1 Å². The van der Waals surface area contributed by atoms with Crippen molar-refractivity contribution in [3.63, 3.8) is 0 Å². The Balaban J connectivity index is 2.72. The molecular weight excluding hydrogens is 244 g/mol. The summed E-state index contributed by atoms with van der Waals surface area (Å²) in [6, 6.07) is 7.72. The van der Waals surface area contributed by atoms with E-state index < -0.39 is 5.60 Å². The molecule has 0 fully saturated rings. The van der Waals surface area contributed by atoms with Crippen molar-refractivity contribution >= 4 is 22.2 Å². The van der Waals surface area contributed by atoms with Gasteiger partial charge in [-0.25, -0.2) is 0 Å². The van der Waals surface area contributed by atoms with Gasteiger partial charge in [-0.1, -0.05) is 28.1 Å². The van der Waals surface area contributed by atoms with Crippen LogP contribution < -0.4 is 0 Å². The first-order valence-electron chi connectivity index (χ1n) is 4.44. The van der Waals surface area contributed by atoms with Gasteiger partial charge in [0.2, 0.25) is 0 Å². The Morgan fingerprint density at radius 3 is 2.86 bits per heavy atom. The van der Waals surface area contributed by atoms with Crippen LogP contribution in [0.2, 0.25) is 0 Å². The molecule has 0 saturated heterocycles. The van der Waals surface area contributed by atoms with E-state index in [1.165, 1.54) is 0 Å². The Morgan fingerprint density at radius 2 is 2.29 bits per heavy atom. The summed E-state index contributed by atoms with van der Waals surface area (Å²) in [4.78, 5) is 10.3. The number of aliphatic hydroxyl groups is 1. The minimum atomic E-state index is -0.942. The predicted octanol–water partition coefficient (Wildman–Crippen LogP) is 2.33. The van der Waals surface area contributed by atoms with E-state index in [1.54, 1.807) is 6.92 Å². The third-order valence-electron chi connectivity index (χ3n) is 2.00. The van der Waals surface area contributed by atoms with Crippen LogP contribution in [0.15, 0.2) is 28.7 Å². The number of hydrogen-bond acceptors (Lipinski definition) is 2. The van der Waals surface area contributed by atoms with Gasteiger partial charge in [0.25, 0.3) is 0 Å². The summed E-state index contributed by atoms with van der Waals surface area (Å²) in [5.74, 6) is 0. The molecular formula is C11H13BrO2. The monoisotopic (exact) mass is 256 g/mol. The normalized spacial score (nSPS) is 14.8. The van der Waals surface area contributed by atoms with Crippen molar-refractivity contribution in [2.45, 2.75) is 25.4 Å². The second-order valence-electron chi connectivity index (χ2n) is 3.67. The molecule has 0 amide bonds. The maximum absolute atomic E-state index is 10.3. The Bertz CT molecular complexity index is 321. The highest BCUT2D eigenvalue weighted by atomic mass is 79.9. The van der Waals surface area contributed by atoms with Crippen LogP contribution in [-0.4, -0.2) is 17.0 Å². The molecule has 1 aromatic carbocycles. The van der Waals surface area contributed by atoms with Crippen molar-refractivity contribution < 1.29 is 9.90 Å². The molecule has 1 N–H and O–H groups in total. The molecule has 1 aromatic rings. The number of benzene rings is 1. The van der Waals surface area contributed by atoms with Crippen LogP contribution in [0.1, 0.15) is 18.9 Å². The SMILES string of the molecule is CC(O)(CC=O)Cc1cccc(Br)c1. The quantitative estimate of drug-likeness (QED) is 0.840. The number of aldehydes is 1. The fourth-order valence-electron chi connectivity index (χ4n) is 1.34. The molecule has 76 valence electrons. The van der Waals surface area contributed by atoms with Gasteiger partial charge in [-0.05, 0) is 24.6 Å². The second kappa shape index (κ2) is 4.71. The van der Waals surface area contributed by atoms with Crippen molar-refractivity contribution in [2.24, 2.45) is 0 Å². The van der Waals surface area contributed by atoms with E-state index in [1.807, 2.05) is 24.3 Å². The third kappa shape index (κ3) is 3.60. The highest BCUT2D eigenvalue weighted by Gasteiger charge is 2.20. The first kappa shape index (κ1) is 11.4. The molecule has 3 heteroatoms. The summed E-state index contributed by atoms with van der Waals surface area (Å²) in [7, 11) is 0. The van der Waals surface area contributed by atoms with E-state index in [-0.39, 0.29) is 6.42 Å². The van der Waals surface area contributed by atoms with Gasteiger partial charge in [-0.3, -0.25) is 0 Å². The zero-order chi connectivity index (χ0) is 10.6. The molecule has 0 aromatic heterocycles. The van der Waals surface area contributed by atoms with Gasteiger partial charge >= 0.3 is 0 Å². The predicted molar refractivity (Wildman–Crippen MR) is 59.2 cm³/mol. The van der Waals surface area contributed by atoms with E-state index in [0.717, 1.165) is 16.3 Å². The van der Waals surface area contributed by atoms with Crippen LogP contribution >= 0.6 is 15.9 Å². The van der Waals surface area contributed by atoms with Crippen LogP contribution in [0.4, 0.5) is 0 Å². The second-order valence-corrected chi connectivity index (χ2v) is 4.59. The van der Waals surface area contributed by atoms with Crippen LogP contribution in [0.25, 0.3) is 0 Å². The van der Waals surface area contributed by atoms with Gasteiger partial charge in [0, 0.05) is 17.3 Å². The summed E-state index contributed by atoms with van der Waals surface area (Å²) < 4.78 is 0.983. The van der Waals surface area contributed by atoms with E-state index in [9.17, 15) is 9.90 Å². The van der Waals surface area contributed by atoms with E-state index in [0.29, 0.717) is 6.42 Å². The first-order valence-corrected chi connectivity index (χ1v) is 5.23. The smallest absolute Gasteiger partial charge is 0.122 e. The first-order chi connectivity index (χ1) is 6.53. The fraction of sp³-hybridized carbons (Fsp3) is 0.364. The Kier molecular flexibility index (Phi) is 3.84. The minimum Gasteiger partial charge on any atom is -0.389 e. The summed E-state index contributed by atoms with van der Waals surface area (Å²) in [6.07, 6.45) is 1.41. The lowest BCUT2D eigenvalue weighted by atomic mass is 9.94. The van der Waals surface area contributed by atoms with Gasteiger partial charge in [0.1, 0.15) is 6.29 Å². The number of hydrogen-bond donors (Lipinski definition) is 1. The van der Waals surface area contributed by atoms with Crippen LogP contribution in [-0.2, 0) is 11.2 Å². The molecule has 1 rings (SSSR count). The molecule has 0 aliphatic rings. The van der Waals surface area contributed by atoms with Crippen molar-refractivity contribution in [1.82, 2.24) is 0 Å². The Hall–Kier alpha value is -0.670. The molecule has 0 radical (unpaired) electrons.